The van der Waals surface area contributed by atoms with Gasteiger partial charge in [-0.05, 0) is 127 Å². The Kier molecular flexibility index (Phi) is 12.5. The molecule has 7 aromatic rings. The number of fused-ring (bicyclic) bond motifs is 2. The molecule has 0 heterocycles. The topological polar surface area (TPSA) is 204 Å². The van der Waals surface area contributed by atoms with Gasteiger partial charge in [-0.15, -0.1) is 0 Å². The zero-order valence-corrected chi connectivity index (χ0v) is 39.2. The van der Waals surface area contributed by atoms with E-state index in [1.54, 1.807) is 30.3 Å². The van der Waals surface area contributed by atoms with Crippen LogP contribution in [-0.4, -0.2) is 32.2 Å². The van der Waals surface area contributed by atoms with Crippen molar-refractivity contribution in [3.8, 4) is 28.7 Å². The van der Waals surface area contributed by atoms with Crippen molar-refractivity contribution in [2.75, 3.05) is 0 Å². The van der Waals surface area contributed by atoms with Crippen molar-refractivity contribution in [1.29, 1.82) is 10.8 Å². The quantitative estimate of drug-likeness (QED) is 0.0632. The number of phenols is 3. The summed E-state index contributed by atoms with van der Waals surface area (Å²) in [5, 5.41) is 52.7. The molecule has 3 N–H and O–H groups in total. The number of benzene rings is 7. The molecule has 0 aliphatic heterocycles. The summed E-state index contributed by atoms with van der Waals surface area (Å²) < 4.78 is 70.4. The normalized spacial score (nSPS) is 15.4. The Morgan fingerprint density at radius 2 is 0.985 bits per heavy atom. The molecule has 9 rings (SSSR count). The third-order valence-corrected chi connectivity index (χ3v) is 16.4. The largest absolute Gasteiger partial charge is 0.508 e. The fourth-order valence-corrected chi connectivity index (χ4v) is 12.8. The van der Waals surface area contributed by atoms with E-state index in [0.717, 1.165) is 86.5 Å². The van der Waals surface area contributed by atoms with Gasteiger partial charge >= 0.3 is 31.6 Å². The maximum Gasteiger partial charge on any atom is 0.426 e. The van der Waals surface area contributed by atoms with Crippen molar-refractivity contribution in [3.05, 3.63) is 158 Å². The molecule has 1 unspecified atom stereocenters. The molecular formula is C53H50N4O9S2+2. The molecule has 13 nitrogen and oxygen atoms in total. The predicted molar refractivity (Wildman–Crippen MR) is 259 cm³/mol. The zero-order chi connectivity index (χ0) is 47.9. The number of rotatable bonds is 11. The van der Waals surface area contributed by atoms with E-state index in [1.807, 2.05) is 32.0 Å². The lowest BCUT2D eigenvalue weighted by atomic mass is 9.75. The Bertz CT molecular complexity index is 3460. The van der Waals surface area contributed by atoms with Crippen molar-refractivity contribution >= 4 is 53.2 Å². The van der Waals surface area contributed by atoms with Gasteiger partial charge in [0.1, 0.15) is 27.0 Å². The number of aromatic hydroxyl groups is 3. The van der Waals surface area contributed by atoms with E-state index in [4.69, 9.17) is 8.37 Å². The maximum absolute atomic E-state index is 14.5. The minimum absolute atomic E-state index is 0.0327. The summed E-state index contributed by atoms with van der Waals surface area (Å²) in [6.07, 6.45) is 9.40. The number of diazo groups is 2. The summed E-state index contributed by atoms with van der Waals surface area (Å²) >= 11 is 0. The Morgan fingerprint density at radius 3 is 1.51 bits per heavy atom. The van der Waals surface area contributed by atoms with Crippen LogP contribution in [0, 0.1) is 24.6 Å². The van der Waals surface area contributed by atoms with Gasteiger partial charge in [0, 0.05) is 45.2 Å². The van der Waals surface area contributed by atoms with Crippen LogP contribution in [0.1, 0.15) is 121 Å². The Morgan fingerprint density at radius 1 is 0.515 bits per heavy atom. The first-order valence-electron chi connectivity index (χ1n) is 22.9. The molecule has 68 heavy (non-hydrogen) atoms. The third kappa shape index (κ3) is 8.52. The number of phenolic OH excluding ortho intramolecular Hbond substituents is 3. The van der Waals surface area contributed by atoms with Gasteiger partial charge in [0.2, 0.25) is 22.3 Å². The molecular weight excluding hydrogens is 901 g/mol. The molecule has 2 aliphatic carbocycles. The highest BCUT2D eigenvalue weighted by molar-refractivity contribution is 7.87. The van der Waals surface area contributed by atoms with Gasteiger partial charge in [0.15, 0.2) is 9.95 Å². The van der Waals surface area contributed by atoms with Gasteiger partial charge in [-0.25, -0.2) is 0 Å². The Hall–Kier alpha value is -7.20. The molecule has 7 aromatic carbocycles. The van der Waals surface area contributed by atoms with Gasteiger partial charge in [-0.3, -0.25) is 0 Å². The van der Waals surface area contributed by atoms with Crippen molar-refractivity contribution in [2.45, 2.75) is 106 Å². The summed E-state index contributed by atoms with van der Waals surface area (Å²) in [6, 6.07) is 28.7. The average molecular weight is 951 g/mol. The number of hydrogen-bond acceptors (Lipinski definition) is 11. The van der Waals surface area contributed by atoms with Crippen LogP contribution >= 0.6 is 0 Å². The van der Waals surface area contributed by atoms with Crippen molar-refractivity contribution in [1.82, 2.24) is 0 Å². The summed E-state index contributed by atoms with van der Waals surface area (Å²) in [7, 11) is -9.16. The van der Waals surface area contributed by atoms with E-state index in [2.05, 4.69) is 9.95 Å². The van der Waals surface area contributed by atoms with Crippen LogP contribution in [-0.2, 0) is 20.2 Å². The van der Waals surface area contributed by atoms with Crippen molar-refractivity contribution < 1.29 is 40.5 Å². The van der Waals surface area contributed by atoms with E-state index < -0.39 is 31.9 Å². The van der Waals surface area contributed by atoms with Crippen LogP contribution in [0.4, 0.5) is 11.4 Å². The van der Waals surface area contributed by atoms with Gasteiger partial charge in [-0.1, -0.05) is 93.1 Å². The molecule has 0 spiro atoms. The average Bonchev–Trinajstić information content (AvgIpc) is 3.33. The molecule has 0 radical (unpaired) electrons. The van der Waals surface area contributed by atoms with Crippen LogP contribution < -0.4 is 8.37 Å². The van der Waals surface area contributed by atoms with Crippen LogP contribution in [0.3, 0.4) is 0 Å². The second kappa shape index (κ2) is 18.5. The minimum Gasteiger partial charge on any atom is -0.508 e. The lowest BCUT2D eigenvalue weighted by Crippen LogP contribution is -2.17. The van der Waals surface area contributed by atoms with Gasteiger partial charge in [0.25, 0.3) is 0 Å². The highest BCUT2D eigenvalue weighted by Crippen LogP contribution is 2.49. The Labute approximate surface area is 395 Å². The van der Waals surface area contributed by atoms with Crippen LogP contribution in [0.2, 0.25) is 0 Å². The second-order valence-corrected chi connectivity index (χ2v) is 21.0. The molecule has 0 amide bonds. The molecule has 2 fully saturated rings. The van der Waals surface area contributed by atoms with Crippen LogP contribution in [0.25, 0.3) is 31.5 Å². The Balaban J connectivity index is 1.23. The maximum atomic E-state index is 14.5. The number of nitrogens with zero attached hydrogens (tertiary/aromatic N) is 4. The fraction of sp³-hybridized carbons (Fsp3) is 0.283. The first-order valence-corrected chi connectivity index (χ1v) is 25.7. The minimum atomic E-state index is -4.61. The van der Waals surface area contributed by atoms with E-state index in [9.17, 15) is 42.9 Å². The standard InChI is InChI=1S/C53H48N4O9S2/c1-31-27-46(58)42(33-13-5-3-6-14-33)29-40(31)51(39-17-9-10-20-47(39)65-67(61,62)49-21-11-18-37-35(49)23-25-44(56-54)52(37)59)41-30-43(34-15-7-4-8-16-34)48(28-32(41)2)66-68(63,64)50-22-12-19-38-36(50)24-26-45(57-55)53(38)60/h9-12,17-30,33-34,51H,3-8,13-16H2,1-2H3,(H-2,58,59,60)/p+2. The summed E-state index contributed by atoms with van der Waals surface area (Å²) in [5.41, 5.74) is 4.67. The summed E-state index contributed by atoms with van der Waals surface area (Å²) in [5.74, 6) is -1.10. The molecule has 0 bridgehead atoms. The highest BCUT2D eigenvalue weighted by atomic mass is 32.2. The molecule has 0 saturated heterocycles. The number of para-hydroxylation sites is 1. The fourth-order valence-electron chi connectivity index (χ4n) is 10.4. The van der Waals surface area contributed by atoms with Crippen LogP contribution in [0.5, 0.6) is 28.7 Å². The van der Waals surface area contributed by atoms with Crippen molar-refractivity contribution in [2.24, 2.45) is 0 Å². The zero-order valence-electron chi connectivity index (χ0n) is 37.6. The lowest BCUT2D eigenvalue weighted by Gasteiger charge is -2.30. The second-order valence-electron chi connectivity index (χ2n) is 18.0. The highest BCUT2D eigenvalue weighted by Gasteiger charge is 2.34. The van der Waals surface area contributed by atoms with Gasteiger partial charge < -0.3 is 23.7 Å². The van der Waals surface area contributed by atoms with E-state index >= 15 is 0 Å². The van der Waals surface area contributed by atoms with Crippen molar-refractivity contribution in [3.63, 3.8) is 0 Å². The monoisotopic (exact) mass is 950 g/mol. The van der Waals surface area contributed by atoms with Crippen LogP contribution in [0.15, 0.2) is 119 Å². The molecule has 2 saturated carbocycles. The molecule has 346 valence electrons. The lowest BCUT2D eigenvalue weighted by molar-refractivity contribution is 0.413. The van der Waals surface area contributed by atoms with E-state index in [0.29, 0.717) is 16.7 Å². The third-order valence-electron chi connectivity index (χ3n) is 13.9. The summed E-state index contributed by atoms with van der Waals surface area (Å²) in [6.45, 7) is 3.76. The molecule has 2 aliphatic rings. The predicted octanol–water partition coefficient (Wildman–Crippen LogP) is 13.5. The van der Waals surface area contributed by atoms with E-state index in [-0.39, 0.29) is 77.5 Å². The number of hydrogen-bond donors (Lipinski definition) is 3. The van der Waals surface area contributed by atoms with Gasteiger partial charge in [-0.2, -0.15) is 16.8 Å². The molecule has 15 heteroatoms. The number of aryl methyl sites for hydroxylation is 2. The van der Waals surface area contributed by atoms with Gasteiger partial charge in [0.05, 0.1) is 0 Å². The SMILES string of the molecule is Cc1cc(O)c(C2CCCCC2)cc1C(c1cc(C2CCCCC2)c(OS(=O)(=O)c2cccc3c(O)c([N+]#N)ccc23)cc1C)c1ccccc1OS(=O)(=O)c1cccc2c(O)c([N+]#N)ccc12. The first kappa shape index (κ1) is 45.9. The smallest absolute Gasteiger partial charge is 0.426 e. The molecule has 0 aromatic heterocycles. The first-order chi connectivity index (χ1) is 32.7. The molecule has 1 atom stereocenters. The summed E-state index contributed by atoms with van der Waals surface area (Å²) in [4.78, 5) is 5.83. The van der Waals surface area contributed by atoms with E-state index in [1.165, 1.54) is 60.7 Å².